The SMILES string of the molecule is Cc1cc(C(=O)O)cc(C2CCCNC2)c1C. The maximum Gasteiger partial charge on any atom is 0.335 e. The lowest BCUT2D eigenvalue weighted by molar-refractivity contribution is 0.0696. The van der Waals surface area contributed by atoms with Crippen molar-refractivity contribution in [2.24, 2.45) is 0 Å². The summed E-state index contributed by atoms with van der Waals surface area (Å²) in [6.07, 6.45) is 2.32. The van der Waals surface area contributed by atoms with Gasteiger partial charge in [0.05, 0.1) is 5.56 Å². The van der Waals surface area contributed by atoms with E-state index < -0.39 is 5.97 Å². The van der Waals surface area contributed by atoms with Crippen molar-refractivity contribution in [3.05, 3.63) is 34.4 Å². The van der Waals surface area contributed by atoms with Crippen LogP contribution in [-0.2, 0) is 0 Å². The molecule has 1 fully saturated rings. The van der Waals surface area contributed by atoms with Gasteiger partial charge in [-0.3, -0.25) is 0 Å². The molecule has 0 aliphatic carbocycles. The minimum Gasteiger partial charge on any atom is -0.478 e. The van der Waals surface area contributed by atoms with Gasteiger partial charge in [-0.1, -0.05) is 0 Å². The van der Waals surface area contributed by atoms with Gasteiger partial charge in [-0.2, -0.15) is 0 Å². The van der Waals surface area contributed by atoms with Crippen LogP contribution in [0.1, 0.15) is 45.8 Å². The largest absolute Gasteiger partial charge is 0.478 e. The number of nitrogens with one attached hydrogen (secondary N) is 1. The van der Waals surface area contributed by atoms with Crippen LogP contribution in [0, 0.1) is 13.8 Å². The molecule has 0 aromatic heterocycles. The van der Waals surface area contributed by atoms with Crippen molar-refractivity contribution in [3.8, 4) is 0 Å². The van der Waals surface area contributed by atoms with Gasteiger partial charge in [0, 0.05) is 6.54 Å². The summed E-state index contributed by atoms with van der Waals surface area (Å²) in [5.41, 5.74) is 3.93. The number of rotatable bonds is 2. The molecule has 1 aliphatic heterocycles. The first-order chi connectivity index (χ1) is 8.09. The van der Waals surface area contributed by atoms with Crippen LogP contribution in [0.4, 0.5) is 0 Å². The minimum absolute atomic E-state index is 0.411. The van der Waals surface area contributed by atoms with E-state index in [0.29, 0.717) is 11.5 Å². The van der Waals surface area contributed by atoms with Gasteiger partial charge in [0.1, 0.15) is 0 Å². The second kappa shape index (κ2) is 4.88. The first-order valence-corrected chi connectivity index (χ1v) is 6.14. The maximum absolute atomic E-state index is 11.1. The van der Waals surface area contributed by atoms with Gasteiger partial charge in [0.25, 0.3) is 0 Å². The smallest absolute Gasteiger partial charge is 0.335 e. The normalized spacial score (nSPS) is 20.2. The molecule has 1 aromatic carbocycles. The number of hydrogen-bond acceptors (Lipinski definition) is 2. The Morgan fingerprint density at radius 1 is 1.41 bits per heavy atom. The number of carboxylic acids is 1. The fourth-order valence-corrected chi connectivity index (χ4v) is 2.55. The summed E-state index contributed by atoms with van der Waals surface area (Å²) < 4.78 is 0. The third-order valence-corrected chi connectivity index (χ3v) is 3.69. The Labute approximate surface area is 102 Å². The van der Waals surface area contributed by atoms with Gasteiger partial charge < -0.3 is 10.4 Å². The van der Waals surface area contributed by atoms with Crippen molar-refractivity contribution in [2.75, 3.05) is 13.1 Å². The van der Waals surface area contributed by atoms with E-state index in [-0.39, 0.29) is 0 Å². The topological polar surface area (TPSA) is 49.3 Å². The number of carboxylic acid groups (broad SMARTS) is 1. The summed E-state index contributed by atoms with van der Waals surface area (Å²) in [4.78, 5) is 11.1. The Morgan fingerprint density at radius 3 is 2.76 bits per heavy atom. The van der Waals surface area contributed by atoms with E-state index in [1.54, 1.807) is 6.07 Å². The van der Waals surface area contributed by atoms with E-state index in [0.717, 1.165) is 25.1 Å². The summed E-state index contributed by atoms with van der Waals surface area (Å²) in [5.74, 6) is -0.375. The van der Waals surface area contributed by atoms with Crippen LogP contribution in [0.2, 0.25) is 0 Å². The minimum atomic E-state index is -0.835. The first-order valence-electron chi connectivity index (χ1n) is 6.14. The average molecular weight is 233 g/mol. The highest BCUT2D eigenvalue weighted by molar-refractivity contribution is 5.88. The van der Waals surface area contributed by atoms with Gasteiger partial charge in [0.15, 0.2) is 0 Å². The molecule has 92 valence electrons. The highest BCUT2D eigenvalue weighted by Gasteiger charge is 2.19. The lowest BCUT2D eigenvalue weighted by Gasteiger charge is -2.25. The zero-order valence-corrected chi connectivity index (χ0v) is 10.4. The standard InChI is InChI=1S/C14H19NO2/c1-9-6-12(14(16)17)7-13(10(9)2)11-4-3-5-15-8-11/h6-7,11,15H,3-5,8H2,1-2H3,(H,16,17). The van der Waals surface area contributed by atoms with Crippen LogP contribution < -0.4 is 5.32 Å². The molecule has 0 saturated carbocycles. The average Bonchev–Trinajstić information content (AvgIpc) is 2.33. The molecule has 0 amide bonds. The fraction of sp³-hybridized carbons (Fsp3) is 0.500. The molecule has 1 saturated heterocycles. The molecule has 1 atom stereocenters. The van der Waals surface area contributed by atoms with Crippen molar-refractivity contribution in [2.45, 2.75) is 32.6 Å². The van der Waals surface area contributed by atoms with E-state index in [2.05, 4.69) is 12.2 Å². The highest BCUT2D eigenvalue weighted by atomic mass is 16.4. The van der Waals surface area contributed by atoms with Crippen LogP contribution in [0.3, 0.4) is 0 Å². The molecule has 3 nitrogen and oxygen atoms in total. The number of benzene rings is 1. The summed E-state index contributed by atoms with van der Waals surface area (Å²) in [7, 11) is 0. The van der Waals surface area contributed by atoms with Crippen LogP contribution in [0.25, 0.3) is 0 Å². The summed E-state index contributed by atoms with van der Waals surface area (Å²) in [6, 6.07) is 3.61. The summed E-state index contributed by atoms with van der Waals surface area (Å²) in [6.45, 7) is 6.11. The molecular weight excluding hydrogens is 214 g/mol. The van der Waals surface area contributed by atoms with Gasteiger partial charge in [-0.05, 0) is 68.0 Å². The zero-order chi connectivity index (χ0) is 12.4. The van der Waals surface area contributed by atoms with Gasteiger partial charge in [-0.15, -0.1) is 0 Å². The molecule has 1 unspecified atom stereocenters. The lowest BCUT2D eigenvalue weighted by Crippen LogP contribution is -2.29. The Balaban J connectivity index is 2.40. The van der Waals surface area contributed by atoms with Crippen LogP contribution in [0.15, 0.2) is 12.1 Å². The monoisotopic (exact) mass is 233 g/mol. The van der Waals surface area contributed by atoms with E-state index in [9.17, 15) is 4.79 Å². The first kappa shape index (κ1) is 12.1. The number of aromatic carboxylic acids is 1. The highest BCUT2D eigenvalue weighted by Crippen LogP contribution is 2.28. The predicted molar refractivity (Wildman–Crippen MR) is 67.7 cm³/mol. The number of aryl methyl sites for hydroxylation is 1. The molecule has 3 heteroatoms. The molecule has 0 radical (unpaired) electrons. The third-order valence-electron chi connectivity index (χ3n) is 3.69. The van der Waals surface area contributed by atoms with Gasteiger partial charge in [-0.25, -0.2) is 4.79 Å². The van der Waals surface area contributed by atoms with Crippen LogP contribution >= 0.6 is 0 Å². The molecule has 1 aliphatic rings. The summed E-state index contributed by atoms with van der Waals surface area (Å²) >= 11 is 0. The van der Waals surface area contributed by atoms with Crippen molar-refractivity contribution in [1.82, 2.24) is 5.32 Å². The Kier molecular flexibility index (Phi) is 3.48. The quantitative estimate of drug-likeness (QED) is 0.825. The number of piperidine rings is 1. The second-order valence-corrected chi connectivity index (χ2v) is 4.86. The lowest BCUT2D eigenvalue weighted by atomic mass is 9.86. The molecule has 2 N–H and O–H groups in total. The van der Waals surface area contributed by atoms with Crippen molar-refractivity contribution in [1.29, 1.82) is 0 Å². The zero-order valence-electron chi connectivity index (χ0n) is 10.4. The maximum atomic E-state index is 11.1. The molecule has 0 spiro atoms. The fourth-order valence-electron chi connectivity index (χ4n) is 2.55. The van der Waals surface area contributed by atoms with Crippen LogP contribution in [0.5, 0.6) is 0 Å². The molecular formula is C14H19NO2. The van der Waals surface area contributed by atoms with Crippen molar-refractivity contribution < 1.29 is 9.90 Å². The van der Waals surface area contributed by atoms with E-state index in [1.807, 2.05) is 13.0 Å². The Bertz CT molecular complexity index is 434. The second-order valence-electron chi connectivity index (χ2n) is 4.86. The Morgan fingerprint density at radius 2 is 2.18 bits per heavy atom. The summed E-state index contributed by atoms with van der Waals surface area (Å²) in [5, 5.41) is 12.5. The van der Waals surface area contributed by atoms with Crippen LogP contribution in [-0.4, -0.2) is 24.2 Å². The molecule has 1 heterocycles. The van der Waals surface area contributed by atoms with Crippen molar-refractivity contribution >= 4 is 5.97 Å². The van der Waals surface area contributed by atoms with E-state index in [4.69, 9.17) is 5.11 Å². The molecule has 17 heavy (non-hydrogen) atoms. The van der Waals surface area contributed by atoms with Gasteiger partial charge in [0.2, 0.25) is 0 Å². The Hall–Kier alpha value is -1.35. The molecule has 1 aromatic rings. The number of hydrogen-bond donors (Lipinski definition) is 2. The third kappa shape index (κ3) is 2.50. The number of carbonyl (C=O) groups is 1. The molecule has 0 bridgehead atoms. The van der Waals surface area contributed by atoms with E-state index in [1.165, 1.54) is 17.5 Å². The van der Waals surface area contributed by atoms with Crippen molar-refractivity contribution in [3.63, 3.8) is 0 Å². The van der Waals surface area contributed by atoms with E-state index >= 15 is 0 Å². The predicted octanol–water partition coefficient (Wildman–Crippen LogP) is 2.47. The molecule has 2 rings (SSSR count). The van der Waals surface area contributed by atoms with Gasteiger partial charge >= 0.3 is 5.97 Å².